The highest BCUT2D eigenvalue weighted by Crippen LogP contribution is 2.24. The molecule has 2 heterocycles. The molecule has 22 heavy (non-hydrogen) atoms. The summed E-state index contributed by atoms with van der Waals surface area (Å²) in [7, 11) is 0. The molecule has 0 spiro atoms. The number of hydrogen-bond acceptors (Lipinski definition) is 4. The third-order valence-electron chi connectivity index (χ3n) is 3.12. The van der Waals surface area contributed by atoms with Crippen LogP contribution in [0.4, 0.5) is 4.39 Å². The molecule has 0 aliphatic rings. The van der Waals surface area contributed by atoms with E-state index in [1.807, 2.05) is 11.4 Å². The summed E-state index contributed by atoms with van der Waals surface area (Å²) >= 11 is 2.87. The molecule has 0 atom stereocenters. The number of hydrogen-bond donors (Lipinski definition) is 0. The van der Waals surface area contributed by atoms with E-state index < -0.39 is 0 Å². The molecule has 0 aliphatic heterocycles. The highest BCUT2D eigenvalue weighted by Gasteiger charge is 2.11. The third-order valence-corrected chi connectivity index (χ3v) is 4.97. The molecule has 3 nitrogen and oxygen atoms in total. The van der Waals surface area contributed by atoms with Gasteiger partial charge in [-0.3, -0.25) is 9.36 Å². The number of allylic oxidation sites excluding steroid dienone is 1. The first kappa shape index (κ1) is 15.0. The molecule has 3 rings (SSSR count). The first-order valence-electron chi connectivity index (χ1n) is 6.65. The third kappa shape index (κ3) is 2.98. The number of rotatable bonds is 5. The maximum Gasteiger partial charge on any atom is 0.263 e. The van der Waals surface area contributed by atoms with Gasteiger partial charge < -0.3 is 0 Å². The highest BCUT2D eigenvalue weighted by atomic mass is 32.2. The molecule has 1 aromatic carbocycles. The van der Waals surface area contributed by atoms with E-state index in [9.17, 15) is 9.18 Å². The van der Waals surface area contributed by atoms with E-state index in [4.69, 9.17) is 0 Å². The van der Waals surface area contributed by atoms with Gasteiger partial charge in [0.25, 0.3) is 5.56 Å². The Morgan fingerprint density at radius 2 is 2.27 bits per heavy atom. The molecule has 0 bridgehead atoms. The minimum atomic E-state index is -0.261. The normalized spacial score (nSPS) is 11.0. The second-order valence-corrected chi connectivity index (χ2v) is 6.49. The lowest BCUT2D eigenvalue weighted by Gasteiger charge is -2.10. The van der Waals surface area contributed by atoms with Crippen LogP contribution in [0.25, 0.3) is 10.2 Å². The second-order valence-electron chi connectivity index (χ2n) is 4.66. The Bertz CT molecular complexity index is 885. The van der Waals surface area contributed by atoms with Crippen LogP contribution in [0.5, 0.6) is 0 Å². The summed E-state index contributed by atoms with van der Waals surface area (Å²) in [6.07, 6.45) is 1.67. The van der Waals surface area contributed by atoms with Crippen molar-refractivity contribution in [2.75, 3.05) is 0 Å². The monoisotopic (exact) mass is 332 g/mol. The van der Waals surface area contributed by atoms with Crippen LogP contribution in [0.3, 0.4) is 0 Å². The van der Waals surface area contributed by atoms with E-state index in [-0.39, 0.29) is 11.4 Å². The van der Waals surface area contributed by atoms with Crippen LogP contribution in [-0.4, -0.2) is 9.55 Å². The van der Waals surface area contributed by atoms with Crippen molar-refractivity contribution in [3.8, 4) is 0 Å². The first-order chi connectivity index (χ1) is 10.7. The average molecular weight is 332 g/mol. The Hall–Kier alpha value is -1.92. The molecule has 0 N–H and O–H groups in total. The fourth-order valence-corrected chi connectivity index (χ4v) is 3.86. The Balaban J connectivity index is 1.96. The van der Waals surface area contributed by atoms with Crippen molar-refractivity contribution < 1.29 is 4.39 Å². The van der Waals surface area contributed by atoms with Gasteiger partial charge >= 0.3 is 0 Å². The van der Waals surface area contributed by atoms with E-state index in [0.29, 0.717) is 22.8 Å². The number of aromatic nitrogens is 2. The molecule has 0 radical (unpaired) electrons. The first-order valence-corrected chi connectivity index (χ1v) is 8.52. The van der Waals surface area contributed by atoms with Gasteiger partial charge in [0.15, 0.2) is 5.16 Å². The summed E-state index contributed by atoms with van der Waals surface area (Å²) in [6.45, 7) is 4.10. The zero-order chi connectivity index (χ0) is 15.5. The van der Waals surface area contributed by atoms with Crippen molar-refractivity contribution >= 4 is 33.3 Å². The maximum absolute atomic E-state index is 13.2. The van der Waals surface area contributed by atoms with Crippen LogP contribution in [0.15, 0.2) is 58.3 Å². The van der Waals surface area contributed by atoms with Gasteiger partial charge in [0.1, 0.15) is 10.6 Å². The minimum absolute atomic E-state index is 0.0621. The van der Waals surface area contributed by atoms with E-state index in [1.165, 1.54) is 35.2 Å². The topological polar surface area (TPSA) is 34.9 Å². The number of fused-ring (bicyclic) bond motifs is 1. The van der Waals surface area contributed by atoms with E-state index in [1.54, 1.807) is 22.8 Å². The fourth-order valence-electron chi connectivity index (χ4n) is 2.11. The van der Waals surface area contributed by atoms with E-state index >= 15 is 0 Å². The van der Waals surface area contributed by atoms with Gasteiger partial charge in [-0.1, -0.05) is 30.0 Å². The summed E-state index contributed by atoms with van der Waals surface area (Å²) in [5, 5.41) is 3.12. The van der Waals surface area contributed by atoms with Gasteiger partial charge in [0.05, 0.1) is 5.39 Å². The molecule has 2 aromatic heterocycles. The fraction of sp³-hybridized carbons (Fsp3) is 0.125. The lowest BCUT2D eigenvalue weighted by Crippen LogP contribution is -2.22. The molecule has 0 saturated carbocycles. The van der Waals surface area contributed by atoms with Gasteiger partial charge in [0, 0.05) is 12.3 Å². The lowest BCUT2D eigenvalue weighted by atomic mass is 10.2. The molecular weight excluding hydrogens is 319 g/mol. The summed E-state index contributed by atoms with van der Waals surface area (Å²) in [6, 6.07) is 8.23. The molecule has 3 aromatic rings. The van der Waals surface area contributed by atoms with Crippen molar-refractivity contribution in [1.29, 1.82) is 0 Å². The van der Waals surface area contributed by atoms with Crippen LogP contribution in [0, 0.1) is 5.82 Å². The molecule has 6 heteroatoms. The van der Waals surface area contributed by atoms with Crippen molar-refractivity contribution in [3.63, 3.8) is 0 Å². The summed E-state index contributed by atoms with van der Waals surface area (Å²) in [5.74, 6) is 0.293. The maximum atomic E-state index is 13.2. The Labute approximate surface area is 135 Å². The van der Waals surface area contributed by atoms with E-state index in [2.05, 4.69) is 11.6 Å². The van der Waals surface area contributed by atoms with Crippen LogP contribution in [-0.2, 0) is 12.3 Å². The summed E-state index contributed by atoms with van der Waals surface area (Å²) in [5.41, 5.74) is 0.795. The van der Waals surface area contributed by atoms with E-state index in [0.717, 1.165) is 10.4 Å². The largest absolute Gasteiger partial charge is 0.283 e. The number of nitrogens with zero attached hydrogens (tertiary/aromatic N) is 2. The Morgan fingerprint density at radius 3 is 3.05 bits per heavy atom. The predicted molar refractivity (Wildman–Crippen MR) is 90.0 cm³/mol. The average Bonchev–Trinajstić information content (AvgIpc) is 2.97. The summed E-state index contributed by atoms with van der Waals surface area (Å²) in [4.78, 5) is 17.8. The van der Waals surface area contributed by atoms with Gasteiger partial charge in [-0.25, -0.2) is 9.37 Å². The van der Waals surface area contributed by atoms with Gasteiger partial charge in [-0.2, -0.15) is 0 Å². The van der Waals surface area contributed by atoms with Crippen molar-refractivity contribution in [2.24, 2.45) is 0 Å². The standard InChI is InChI=1S/C16H13FN2OS2/c1-2-7-19-15(20)13-6-8-21-14(13)18-16(19)22-10-11-4-3-5-12(17)9-11/h2-6,8-9H,1,7,10H2. The van der Waals surface area contributed by atoms with Crippen LogP contribution in [0.2, 0.25) is 0 Å². The molecular formula is C16H13FN2OS2. The van der Waals surface area contributed by atoms with Gasteiger partial charge in [0.2, 0.25) is 0 Å². The predicted octanol–water partition coefficient (Wildman–Crippen LogP) is 4.08. The van der Waals surface area contributed by atoms with Crippen molar-refractivity contribution in [1.82, 2.24) is 9.55 Å². The van der Waals surface area contributed by atoms with Crippen LogP contribution in [0.1, 0.15) is 5.56 Å². The minimum Gasteiger partial charge on any atom is -0.283 e. The quantitative estimate of drug-likeness (QED) is 0.401. The van der Waals surface area contributed by atoms with Crippen LogP contribution >= 0.6 is 23.1 Å². The van der Waals surface area contributed by atoms with Gasteiger partial charge in [-0.15, -0.1) is 17.9 Å². The summed E-state index contributed by atoms with van der Waals surface area (Å²) < 4.78 is 14.8. The Kier molecular flexibility index (Phi) is 4.40. The number of thiophene rings is 1. The lowest BCUT2D eigenvalue weighted by molar-refractivity contribution is 0.626. The molecule has 0 unspecified atom stereocenters. The SMILES string of the molecule is C=CCn1c(SCc2cccc(F)c2)nc2sccc2c1=O. The zero-order valence-corrected chi connectivity index (χ0v) is 13.3. The van der Waals surface area contributed by atoms with Crippen molar-refractivity contribution in [2.45, 2.75) is 17.5 Å². The molecule has 0 amide bonds. The number of halogens is 1. The van der Waals surface area contributed by atoms with Crippen LogP contribution < -0.4 is 5.56 Å². The number of benzene rings is 1. The smallest absolute Gasteiger partial charge is 0.263 e. The highest BCUT2D eigenvalue weighted by molar-refractivity contribution is 7.98. The molecule has 0 saturated heterocycles. The molecule has 112 valence electrons. The second kappa shape index (κ2) is 6.46. The molecule has 0 aliphatic carbocycles. The van der Waals surface area contributed by atoms with Crippen molar-refractivity contribution in [3.05, 3.63) is 70.1 Å². The zero-order valence-electron chi connectivity index (χ0n) is 11.7. The van der Waals surface area contributed by atoms with Gasteiger partial charge in [-0.05, 0) is 29.1 Å². The molecule has 0 fully saturated rings. The Morgan fingerprint density at radius 1 is 1.41 bits per heavy atom. The number of thioether (sulfide) groups is 1.